The quantitative estimate of drug-likeness (QED) is 0.882. The van der Waals surface area contributed by atoms with E-state index in [0.29, 0.717) is 18.1 Å². The number of phenols is 1. The van der Waals surface area contributed by atoms with E-state index in [1.54, 1.807) is 22.9 Å². The lowest BCUT2D eigenvalue weighted by atomic mass is 10.2. The number of nitrogens with zero attached hydrogens (tertiary/aromatic N) is 1. The minimum Gasteiger partial charge on any atom is -0.506 e. The molecule has 84 valence electrons. The van der Waals surface area contributed by atoms with Crippen LogP contribution in [0.2, 0.25) is 5.02 Å². The number of halogens is 1. The lowest BCUT2D eigenvalue weighted by Crippen LogP contribution is -2.12. The van der Waals surface area contributed by atoms with Crippen molar-refractivity contribution in [2.75, 3.05) is 0 Å². The first-order chi connectivity index (χ1) is 7.77. The molecule has 3 nitrogen and oxygen atoms in total. The minimum atomic E-state index is 0.148. The van der Waals surface area contributed by atoms with Crippen molar-refractivity contribution < 1.29 is 5.11 Å². The van der Waals surface area contributed by atoms with E-state index < -0.39 is 0 Å². The van der Waals surface area contributed by atoms with Crippen LogP contribution < -0.4 is 5.32 Å². The summed E-state index contributed by atoms with van der Waals surface area (Å²) in [7, 11) is 0. The van der Waals surface area contributed by atoms with Gasteiger partial charge in [0.1, 0.15) is 5.75 Å². The number of hydrogen-bond acceptors (Lipinski definition) is 4. The maximum Gasteiger partial charge on any atom is 0.138 e. The molecule has 2 aromatic rings. The van der Waals surface area contributed by atoms with Gasteiger partial charge in [0.25, 0.3) is 0 Å². The normalized spacial score (nSPS) is 10.6. The van der Waals surface area contributed by atoms with Crippen molar-refractivity contribution in [2.24, 2.45) is 0 Å². The van der Waals surface area contributed by atoms with E-state index in [-0.39, 0.29) is 5.75 Å². The highest BCUT2D eigenvalue weighted by molar-refractivity contribution is 7.07. The number of aromatic nitrogens is 1. The summed E-state index contributed by atoms with van der Waals surface area (Å²) in [6.45, 7) is 1.26. The number of phenolic OH excluding ortho intramolecular Hbond substituents is 1. The predicted molar refractivity (Wildman–Crippen MR) is 65.8 cm³/mol. The third-order valence-electron chi connectivity index (χ3n) is 2.18. The average molecular weight is 255 g/mol. The van der Waals surface area contributed by atoms with Gasteiger partial charge in [-0.15, -0.1) is 11.3 Å². The minimum absolute atomic E-state index is 0.148. The third kappa shape index (κ3) is 2.72. The van der Waals surface area contributed by atoms with Crippen LogP contribution in [0.4, 0.5) is 0 Å². The topological polar surface area (TPSA) is 45.1 Å². The molecule has 2 rings (SSSR count). The molecule has 0 aliphatic rings. The number of benzene rings is 1. The lowest BCUT2D eigenvalue weighted by molar-refractivity contribution is 0.464. The number of rotatable bonds is 4. The molecule has 0 aliphatic heterocycles. The van der Waals surface area contributed by atoms with Crippen molar-refractivity contribution in [3.8, 4) is 5.75 Å². The molecule has 0 radical (unpaired) electrons. The molecule has 1 aromatic heterocycles. The van der Waals surface area contributed by atoms with Gasteiger partial charge < -0.3 is 10.4 Å². The van der Waals surface area contributed by atoms with Gasteiger partial charge in [-0.05, 0) is 6.07 Å². The second-order valence-corrected chi connectivity index (χ2v) is 4.46. The van der Waals surface area contributed by atoms with Gasteiger partial charge in [-0.3, -0.25) is 0 Å². The maximum absolute atomic E-state index is 9.67. The number of aromatic hydroxyl groups is 1. The number of nitrogens with one attached hydrogen (secondary N) is 1. The summed E-state index contributed by atoms with van der Waals surface area (Å²) in [5.41, 5.74) is 3.60. The smallest absolute Gasteiger partial charge is 0.138 e. The van der Waals surface area contributed by atoms with Gasteiger partial charge in [-0.25, -0.2) is 4.98 Å². The Morgan fingerprint density at radius 2 is 2.25 bits per heavy atom. The average Bonchev–Trinajstić information content (AvgIpc) is 2.77. The van der Waals surface area contributed by atoms with Gasteiger partial charge >= 0.3 is 0 Å². The Bertz CT molecular complexity index is 459. The SMILES string of the molecule is Oc1c(Cl)cccc1CNCc1cscn1. The van der Waals surface area contributed by atoms with Crippen molar-refractivity contribution in [2.45, 2.75) is 13.1 Å². The predicted octanol–water partition coefficient (Wildman–Crippen LogP) is 2.79. The Kier molecular flexibility index (Phi) is 3.77. The molecule has 2 N–H and O–H groups in total. The number of hydrogen-bond donors (Lipinski definition) is 2. The van der Waals surface area contributed by atoms with E-state index >= 15 is 0 Å². The van der Waals surface area contributed by atoms with E-state index in [1.807, 2.05) is 17.5 Å². The summed E-state index contributed by atoms with van der Waals surface area (Å²) >= 11 is 7.37. The second kappa shape index (κ2) is 5.30. The highest BCUT2D eigenvalue weighted by Gasteiger charge is 2.04. The molecule has 0 fully saturated rings. The van der Waals surface area contributed by atoms with Crippen LogP contribution in [0.5, 0.6) is 5.75 Å². The molecule has 5 heteroatoms. The van der Waals surface area contributed by atoms with Gasteiger partial charge in [0.15, 0.2) is 0 Å². The van der Waals surface area contributed by atoms with Crippen LogP contribution in [0.1, 0.15) is 11.3 Å². The highest BCUT2D eigenvalue weighted by Crippen LogP contribution is 2.26. The lowest BCUT2D eigenvalue weighted by Gasteiger charge is -2.06. The van der Waals surface area contributed by atoms with E-state index in [2.05, 4.69) is 10.3 Å². The molecule has 0 bridgehead atoms. The Labute approximate surface area is 103 Å². The van der Waals surface area contributed by atoms with Crippen molar-refractivity contribution in [3.05, 3.63) is 45.4 Å². The summed E-state index contributed by atoms with van der Waals surface area (Å²) in [5.74, 6) is 0.148. The molecule has 1 heterocycles. The molecule has 16 heavy (non-hydrogen) atoms. The van der Waals surface area contributed by atoms with Gasteiger partial charge in [-0.1, -0.05) is 23.7 Å². The number of para-hydroxylation sites is 1. The highest BCUT2D eigenvalue weighted by atomic mass is 35.5. The molecule has 0 saturated heterocycles. The second-order valence-electron chi connectivity index (χ2n) is 3.33. The van der Waals surface area contributed by atoms with Gasteiger partial charge in [-0.2, -0.15) is 0 Å². The van der Waals surface area contributed by atoms with Crippen molar-refractivity contribution in [1.82, 2.24) is 10.3 Å². The Morgan fingerprint density at radius 1 is 1.38 bits per heavy atom. The van der Waals surface area contributed by atoms with Crippen LogP contribution in [0.25, 0.3) is 0 Å². The molecule has 0 aliphatic carbocycles. The van der Waals surface area contributed by atoms with E-state index in [0.717, 1.165) is 11.3 Å². The van der Waals surface area contributed by atoms with Crippen LogP contribution in [-0.4, -0.2) is 10.1 Å². The molecule has 0 amide bonds. The van der Waals surface area contributed by atoms with Crippen LogP contribution >= 0.6 is 22.9 Å². The third-order valence-corrected chi connectivity index (χ3v) is 3.12. The Balaban J connectivity index is 1.92. The van der Waals surface area contributed by atoms with Crippen LogP contribution in [0.15, 0.2) is 29.1 Å². The van der Waals surface area contributed by atoms with E-state index in [1.165, 1.54) is 0 Å². The zero-order valence-electron chi connectivity index (χ0n) is 8.48. The van der Waals surface area contributed by atoms with Crippen LogP contribution in [0.3, 0.4) is 0 Å². The Morgan fingerprint density at radius 3 is 3.00 bits per heavy atom. The number of thiazole rings is 1. The van der Waals surface area contributed by atoms with Crippen molar-refractivity contribution >= 4 is 22.9 Å². The fraction of sp³-hybridized carbons (Fsp3) is 0.182. The summed E-state index contributed by atoms with van der Waals surface area (Å²) < 4.78 is 0. The van der Waals surface area contributed by atoms with Gasteiger partial charge in [0.05, 0.1) is 16.2 Å². The van der Waals surface area contributed by atoms with Crippen molar-refractivity contribution in [3.63, 3.8) is 0 Å². The summed E-state index contributed by atoms with van der Waals surface area (Å²) in [6.07, 6.45) is 0. The zero-order chi connectivity index (χ0) is 11.4. The zero-order valence-corrected chi connectivity index (χ0v) is 10.1. The molecule has 0 spiro atoms. The van der Waals surface area contributed by atoms with E-state index in [9.17, 15) is 5.11 Å². The first-order valence-electron chi connectivity index (χ1n) is 4.81. The summed E-state index contributed by atoms with van der Waals surface area (Å²) in [4.78, 5) is 4.15. The van der Waals surface area contributed by atoms with Crippen LogP contribution in [-0.2, 0) is 13.1 Å². The van der Waals surface area contributed by atoms with E-state index in [4.69, 9.17) is 11.6 Å². The molecular formula is C11H11ClN2OS. The standard InChI is InChI=1S/C11H11ClN2OS/c12-10-3-1-2-8(11(10)15)4-13-5-9-6-16-7-14-9/h1-3,6-7,13,15H,4-5H2. The fourth-order valence-electron chi connectivity index (χ4n) is 1.35. The van der Waals surface area contributed by atoms with Gasteiger partial charge in [0.2, 0.25) is 0 Å². The molecular weight excluding hydrogens is 244 g/mol. The molecule has 1 aromatic carbocycles. The molecule has 0 saturated carbocycles. The first kappa shape index (κ1) is 11.4. The Hall–Kier alpha value is -1.10. The van der Waals surface area contributed by atoms with Crippen LogP contribution in [0, 0.1) is 0 Å². The summed E-state index contributed by atoms with van der Waals surface area (Å²) in [5, 5.41) is 15.2. The fourth-order valence-corrected chi connectivity index (χ4v) is 2.11. The maximum atomic E-state index is 9.67. The summed E-state index contributed by atoms with van der Waals surface area (Å²) in [6, 6.07) is 5.33. The molecule has 0 atom stereocenters. The molecule has 0 unspecified atom stereocenters. The first-order valence-corrected chi connectivity index (χ1v) is 6.13. The van der Waals surface area contributed by atoms with Gasteiger partial charge in [0, 0.05) is 24.0 Å². The largest absolute Gasteiger partial charge is 0.506 e. The monoisotopic (exact) mass is 254 g/mol. The van der Waals surface area contributed by atoms with Crippen molar-refractivity contribution in [1.29, 1.82) is 0 Å².